The Labute approximate surface area is 192 Å². The van der Waals surface area contributed by atoms with Crippen LogP contribution in [-0.2, 0) is 22.4 Å². The standard InChI is InChI=1S/C25H28N4O2S/c1-18-8-9-19(2)22(14-18)28-10-12-29(13-11-28)24(31)16-21-17-32-25(26-21)27-23(30)15-20-6-4-3-5-7-20/h3-9,14,17H,10-13,15-16H2,1-2H3,(H,26,27,30). The van der Waals surface area contributed by atoms with Gasteiger partial charge in [-0.25, -0.2) is 4.98 Å². The quantitative estimate of drug-likeness (QED) is 0.622. The van der Waals surface area contributed by atoms with Gasteiger partial charge in [-0.1, -0.05) is 42.5 Å². The van der Waals surface area contributed by atoms with Crippen molar-refractivity contribution in [2.24, 2.45) is 0 Å². The first-order valence-electron chi connectivity index (χ1n) is 10.9. The lowest BCUT2D eigenvalue weighted by atomic mass is 10.1. The highest BCUT2D eigenvalue weighted by Crippen LogP contribution is 2.23. The minimum atomic E-state index is -0.106. The fraction of sp³-hybridized carbons (Fsp3) is 0.320. The van der Waals surface area contributed by atoms with Crippen molar-refractivity contribution in [3.63, 3.8) is 0 Å². The van der Waals surface area contributed by atoms with E-state index in [1.165, 1.54) is 28.2 Å². The van der Waals surface area contributed by atoms with Crippen molar-refractivity contribution in [1.29, 1.82) is 0 Å². The van der Waals surface area contributed by atoms with Gasteiger partial charge in [-0.2, -0.15) is 0 Å². The second kappa shape index (κ2) is 9.96. The summed E-state index contributed by atoms with van der Waals surface area (Å²) in [6, 6.07) is 16.1. The van der Waals surface area contributed by atoms with E-state index in [1.54, 1.807) is 0 Å². The number of anilines is 2. The van der Waals surface area contributed by atoms with Crippen LogP contribution in [0, 0.1) is 13.8 Å². The highest BCUT2D eigenvalue weighted by molar-refractivity contribution is 7.13. The minimum Gasteiger partial charge on any atom is -0.368 e. The summed E-state index contributed by atoms with van der Waals surface area (Å²) in [5, 5.41) is 5.22. The van der Waals surface area contributed by atoms with E-state index in [0.717, 1.165) is 18.7 Å². The summed E-state index contributed by atoms with van der Waals surface area (Å²) in [5.74, 6) is -0.0240. The molecule has 1 aliphatic heterocycles. The van der Waals surface area contributed by atoms with Crippen LogP contribution in [0.5, 0.6) is 0 Å². The first-order valence-corrected chi connectivity index (χ1v) is 11.7. The van der Waals surface area contributed by atoms with Crippen LogP contribution in [0.2, 0.25) is 0 Å². The molecule has 2 aromatic carbocycles. The van der Waals surface area contributed by atoms with Gasteiger partial charge in [0, 0.05) is 37.2 Å². The van der Waals surface area contributed by atoms with Crippen LogP contribution >= 0.6 is 11.3 Å². The molecule has 1 saturated heterocycles. The van der Waals surface area contributed by atoms with Gasteiger partial charge in [0.25, 0.3) is 0 Å². The minimum absolute atomic E-state index is 0.0816. The molecule has 32 heavy (non-hydrogen) atoms. The highest BCUT2D eigenvalue weighted by Gasteiger charge is 2.23. The average molecular weight is 449 g/mol. The van der Waals surface area contributed by atoms with Crippen LogP contribution in [0.25, 0.3) is 0 Å². The molecule has 3 aromatic rings. The number of amides is 2. The Morgan fingerprint density at radius 1 is 1.00 bits per heavy atom. The van der Waals surface area contributed by atoms with Crippen LogP contribution in [0.3, 0.4) is 0 Å². The molecule has 0 atom stereocenters. The third-order valence-corrected chi connectivity index (χ3v) is 6.48. The Kier molecular flexibility index (Phi) is 6.85. The lowest BCUT2D eigenvalue weighted by Crippen LogP contribution is -2.49. The maximum Gasteiger partial charge on any atom is 0.230 e. The molecule has 1 N–H and O–H groups in total. The number of rotatable bonds is 6. The summed E-state index contributed by atoms with van der Waals surface area (Å²) in [4.78, 5) is 33.7. The van der Waals surface area contributed by atoms with Crippen molar-refractivity contribution in [3.05, 3.63) is 76.3 Å². The van der Waals surface area contributed by atoms with E-state index in [4.69, 9.17) is 0 Å². The maximum absolute atomic E-state index is 12.8. The molecule has 6 nitrogen and oxygen atoms in total. The smallest absolute Gasteiger partial charge is 0.230 e. The molecule has 0 saturated carbocycles. The molecule has 2 heterocycles. The number of carbonyl (C=O) groups excluding carboxylic acids is 2. The Morgan fingerprint density at radius 2 is 1.75 bits per heavy atom. The number of carbonyl (C=O) groups is 2. The fourth-order valence-electron chi connectivity index (χ4n) is 3.91. The van der Waals surface area contributed by atoms with Crippen molar-refractivity contribution in [2.75, 3.05) is 36.4 Å². The monoisotopic (exact) mass is 448 g/mol. The molecule has 1 aromatic heterocycles. The van der Waals surface area contributed by atoms with Gasteiger partial charge < -0.3 is 15.1 Å². The number of thiazole rings is 1. The molecule has 7 heteroatoms. The van der Waals surface area contributed by atoms with Gasteiger partial charge in [0.2, 0.25) is 11.8 Å². The molecule has 1 aliphatic rings. The van der Waals surface area contributed by atoms with E-state index in [1.807, 2.05) is 40.6 Å². The lowest BCUT2D eigenvalue weighted by Gasteiger charge is -2.37. The molecule has 166 valence electrons. The Bertz CT molecular complexity index is 1090. The number of hydrogen-bond donors (Lipinski definition) is 1. The maximum atomic E-state index is 12.8. The molecule has 0 spiro atoms. The van der Waals surface area contributed by atoms with Crippen LogP contribution < -0.4 is 10.2 Å². The molecule has 0 aliphatic carbocycles. The van der Waals surface area contributed by atoms with E-state index in [0.29, 0.717) is 30.3 Å². The number of aryl methyl sites for hydroxylation is 2. The van der Waals surface area contributed by atoms with Crippen molar-refractivity contribution in [2.45, 2.75) is 26.7 Å². The normalized spacial score (nSPS) is 13.8. The molecule has 0 radical (unpaired) electrons. The summed E-state index contributed by atoms with van der Waals surface area (Å²) in [5.41, 5.74) is 5.43. The van der Waals surface area contributed by atoms with E-state index in [9.17, 15) is 9.59 Å². The summed E-state index contributed by atoms with van der Waals surface area (Å²) in [6.07, 6.45) is 0.563. The SMILES string of the molecule is Cc1ccc(C)c(N2CCN(C(=O)Cc3csc(NC(=O)Cc4ccccc4)n3)CC2)c1. The van der Waals surface area contributed by atoms with Crippen LogP contribution in [0.1, 0.15) is 22.4 Å². The molecular formula is C25H28N4O2S. The summed E-state index contributed by atoms with van der Waals surface area (Å²) >= 11 is 1.36. The molecule has 1 fully saturated rings. The molecule has 0 bridgehead atoms. The summed E-state index contributed by atoms with van der Waals surface area (Å²) < 4.78 is 0. The molecule has 4 rings (SSSR count). The second-order valence-electron chi connectivity index (χ2n) is 8.19. The Morgan fingerprint density at radius 3 is 2.50 bits per heavy atom. The van der Waals surface area contributed by atoms with Gasteiger partial charge in [-0.15, -0.1) is 11.3 Å². The number of piperazine rings is 1. The van der Waals surface area contributed by atoms with Gasteiger partial charge in [-0.3, -0.25) is 9.59 Å². The Hall–Kier alpha value is -3.19. The van der Waals surface area contributed by atoms with Gasteiger partial charge in [0.15, 0.2) is 5.13 Å². The largest absolute Gasteiger partial charge is 0.368 e. The van der Waals surface area contributed by atoms with Crippen molar-refractivity contribution in [3.8, 4) is 0 Å². The number of nitrogens with zero attached hydrogens (tertiary/aromatic N) is 3. The number of nitrogens with one attached hydrogen (secondary N) is 1. The van der Waals surface area contributed by atoms with E-state index >= 15 is 0 Å². The zero-order valence-corrected chi connectivity index (χ0v) is 19.3. The van der Waals surface area contributed by atoms with E-state index in [2.05, 4.69) is 47.2 Å². The van der Waals surface area contributed by atoms with E-state index in [-0.39, 0.29) is 18.2 Å². The van der Waals surface area contributed by atoms with Crippen molar-refractivity contribution >= 4 is 34.0 Å². The topological polar surface area (TPSA) is 65.5 Å². The number of aromatic nitrogens is 1. The summed E-state index contributed by atoms with van der Waals surface area (Å²) in [6.45, 7) is 7.30. The first-order chi connectivity index (χ1) is 15.5. The molecule has 2 amide bonds. The van der Waals surface area contributed by atoms with E-state index < -0.39 is 0 Å². The van der Waals surface area contributed by atoms with Crippen LogP contribution in [-0.4, -0.2) is 47.9 Å². The van der Waals surface area contributed by atoms with Crippen LogP contribution in [0.15, 0.2) is 53.9 Å². The third-order valence-electron chi connectivity index (χ3n) is 5.68. The lowest BCUT2D eigenvalue weighted by molar-refractivity contribution is -0.130. The predicted molar refractivity (Wildman–Crippen MR) is 129 cm³/mol. The Balaban J connectivity index is 1.27. The van der Waals surface area contributed by atoms with Crippen LogP contribution in [0.4, 0.5) is 10.8 Å². The number of benzene rings is 2. The second-order valence-corrected chi connectivity index (χ2v) is 9.05. The predicted octanol–water partition coefficient (Wildman–Crippen LogP) is 3.83. The zero-order valence-electron chi connectivity index (χ0n) is 18.5. The van der Waals surface area contributed by atoms with Crippen molar-refractivity contribution in [1.82, 2.24) is 9.88 Å². The fourth-order valence-corrected chi connectivity index (χ4v) is 4.64. The van der Waals surface area contributed by atoms with Gasteiger partial charge in [0.05, 0.1) is 18.5 Å². The average Bonchev–Trinajstić information content (AvgIpc) is 3.22. The van der Waals surface area contributed by atoms with Gasteiger partial charge in [-0.05, 0) is 36.6 Å². The van der Waals surface area contributed by atoms with Gasteiger partial charge in [0.1, 0.15) is 0 Å². The van der Waals surface area contributed by atoms with Crippen molar-refractivity contribution < 1.29 is 9.59 Å². The highest BCUT2D eigenvalue weighted by atomic mass is 32.1. The zero-order chi connectivity index (χ0) is 22.5. The summed E-state index contributed by atoms with van der Waals surface area (Å²) in [7, 11) is 0. The third kappa shape index (κ3) is 5.53. The first kappa shape index (κ1) is 22.0. The number of hydrogen-bond acceptors (Lipinski definition) is 5. The van der Waals surface area contributed by atoms with Gasteiger partial charge >= 0.3 is 0 Å². The molecular weight excluding hydrogens is 420 g/mol. The molecule has 0 unspecified atom stereocenters.